The van der Waals surface area contributed by atoms with Gasteiger partial charge >= 0.3 is 0 Å². The Balaban J connectivity index is 4.06. The minimum atomic E-state index is -1.21. The van der Waals surface area contributed by atoms with Gasteiger partial charge in [0.25, 0.3) is 0 Å². The molecule has 230 valence electrons. The molecule has 0 aromatic heterocycles. The zero-order valence-electron chi connectivity index (χ0n) is 27.2. The number of halogens is 1. The second-order valence-corrected chi connectivity index (χ2v) is 21.8. The van der Waals surface area contributed by atoms with Gasteiger partial charge in [0.15, 0.2) is 0 Å². The fourth-order valence-corrected chi connectivity index (χ4v) is 12.1. The normalized spacial score (nSPS) is 12.0. The van der Waals surface area contributed by atoms with Crippen LogP contribution in [-0.4, -0.2) is 6.69 Å². The third-order valence-corrected chi connectivity index (χ3v) is 16.3. The van der Waals surface area contributed by atoms with E-state index in [1.807, 2.05) is 0 Å². The lowest BCUT2D eigenvalue weighted by atomic mass is 10.1. The first-order chi connectivity index (χ1) is 18.7. The van der Waals surface area contributed by atoms with Crippen LogP contribution in [0.5, 0.6) is 0 Å². The Labute approximate surface area is 252 Å². The van der Waals surface area contributed by atoms with Crippen LogP contribution in [0, 0.1) is 0 Å². The van der Waals surface area contributed by atoms with E-state index in [2.05, 4.69) is 36.1 Å². The Kier molecular flexibility index (Phi) is 32.8. The van der Waals surface area contributed by atoms with Crippen LogP contribution in [0.15, 0.2) is 0 Å². The predicted octanol–water partition coefficient (Wildman–Crippen LogP) is 15.1. The molecule has 0 unspecified atom stereocenters. The maximum absolute atomic E-state index is 4.48. The van der Waals surface area contributed by atoms with Crippen LogP contribution in [-0.2, 0) is 0 Å². The third-order valence-electron chi connectivity index (χ3n) is 8.94. The third kappa shape index (κ3) is 29.7. The lowest BCUT2D eigenvalue weighted by molar-refractivity contribution is 0.557. The quantitative estimate of drug-likeness (QED) is 0.0391. The smallest absolute Gasteiger partial charge is 0.126 e. The lowest BCUT2D eigenvalue weighted by Gasteiger charge is -2.25. The summed E-state index contributed by atoms with van der Waals surface area (Å²) in [5.41, 5.74) is 0. The molecular formula is C36H75BrSi. The maximum atomic E-state index is 4.48. The second-order valence-electron chi connectivity index (χ2n) is 12.9. The molecule has 0 fully saturated rings. The zero-order valence-corrected chi connectivity index (χ0v) is 29.8. The maximum Gasteiger partial charge on any atom is 0.130 e. The van der Waals surface area contributed by atoms with Crippen molar-refractivity contribution in [2.75, 3.05) is 0 Å². The first-order valence-corrected chi connectivity index (χ1v) is 23.2. The van der Waals surface area contributed by atoms with Gasteiger partial charge in [-0.3, -0.25) is 0 Å². The van der Waals surface area contributed by atoms with Gasteiger partial charge in [-0.05, 0) is 18.1 Å². The second kappa shape index (κ2) is 32.2. The van der Waals surface area contributed by atoms with Crippen LogP contribution >= 0.6 is 15.3 Å². The Hall–Kier alpha value is 0.697. The molecule has 0 radical (unpaired) electrons. The van der Waals surface area contributed by atoms with Crippen LogP contribution in [0.1, 0.15) is 213 Å². The zero-order chi connectivity index (χ0) is 27.8. The van der Waals surface area contributed by atoms with E-state index in [0.29, 0.717) is 0 Å². The van der Waals surface area contributed by atoms with Crippen LogP contribution in [0.2, 0.25) is 18.1 Å². The molecule has 0 atom stereocenters. The molecule has 0 nitrogen and oxygen atoms in total. The first kappa shape index (κ1) is 38.7. The van der Waals surface area contributed by atoms with Gasteiger partial charge in [-0.2, -0.15) is 0 Å². The highest BCUT2D eigenvalue weighted by atomic mass is 79.9. The van der Waals surface area contributed by atoms with Crippen molar-refractivity contribution in [3.8, 4) is 0 Å². The predicted molar refractivity (Wildman–Crippen MR) is 185 cm³/mol. The largest absolute Gasteiger partial charge is 0.130 e. The Morgan fingerprint density at radius 2 is 0.421 bits per heavy atom. The molecule has 0 aliphatic rings. The van der Waals surface area contributed by atoms with E-state index >= 15 is 0 Å². The Morgan fingerprint density at radius 1 is 0.263 bits per heavy atom. The first-order valence-electron chi connectivity index (χ1n) is 18.4. The van der Waals surface area contributed by atoms with E-state index in [0.717, 1.165) is 0 Å². The van der Waals surface area contributed by atoms with Crippen molar-refractivity contribution in [1.82, 2.24) is 0 Å². The fourth-order valence-electron chi connectivity index (χ4n) is 6.16. The van der Waals surface area contributed by atoms with Crippen LogP contribution in [0.4, 0.5) is 0 Å². The Morgan fingerprint density at radius 3 is 0.605 bits per heavy atom. The standard InChI is InChI=1S/C36H75BrSi/c1-4-7-10-13-16-19-22-25-28-31-34-38(37,35-32-29-26-23-20-17-14-11-8-5-2)36-33-30-27-24-21-18-15-12-9-6-3/h4-36H2,1-3H3. The average molecular weight is 616 g/mol. The molecule has 0 saturated carbocycles. The number of rotatable bonds is 33. The molecule has 0 aromatic rings. The average Bonchev–Trinajstić information content (AvgIpc) is 2.92. The fraction of sp³-hybridized carbons (Fsp3) is 1.00. The van der Waals surface area contributed by atoms with Crippen LogP contribution in [0.25, 0.3) is 0 Å². The molecule has 0 aromatic carbocycles. The van der Waals surface area contributed by atoms with Crippen LogP contribution in [0.3, 0.4) is 0 Å². The topological polar surface area (TPSA) is 0 Å². The van der Waals surface area contributed by atoms with Crippen molar-refractivity contribution in [1.29, 1.82) is 0 Å². The summed E-state index contributed by atoms with van der Waals surface area (Å²) in [6.07, 6.45) is 44.1. The van der Waals surface area contributed by atoms with E-state index in [4.69, 9.17) is 0 Å². The van der Waals surface area contributed by atoms with Crippen molar-refractivity contribution in [2.24, 2.45) is 0 Å². The van der Waals surface area contributed by atoms with Crippen molar-refractivity contribution in [2.45, 2.75) is 232 Å². The highest BCUT2D eigenvalue weighted by Crippen LogP contribution is 2.35. The summed E-state index contributed by atoms with van der Waals surface area (Å²) in [4.78, 5) is 0. The SMILES string of the molecule is CCCCCCCCCCCC[Si](Br)(CCCCCCCCCCCC)CCCCCCCCCCCC. The highest BCUT2D eigenvalue weighted by Gasteiger charge is 2.28. The summed E-state index contributed by atoms with van der Waals surface area (Å²) in [5, 5.41) is 0. The van der Waals surface area contributed by atoms with Gasteiger partial charge in [-0.1, -0.05) is 213 Å². The monoisotopic (exact) mass is 614 g/mol. The van der Waals surface area contributed by atoms with Crippen LogP contribution < -0.4 is 0 Å². The van der Waals surface area contributed by atoms with E-state index in [1.165, 1.54) is 193 Å². The van der Waals surface area contributed by atoms with Crippen molar-refractivity contribution in [3.63, 3.8) is 0 Å². The molecule has 0 spiro atoms. The summed E-state index contributed by atoms with van der Waals surface area (Å²) < 4.78 is 0. The van der Waals surface area contributed by atoms with Gasteiger partial charge in [0.1, 0.15) is 6.69 Å². The lowest BCUT2D eigenvalue weighted by Crippen LogP contribution is -2.25. The molecule has 0 heterocycles. The molecule has 2 heteroatoms. The summed E-state index contributed by atoms with van der Waals surface area (Å²) in [6, 6.07) is 4.66. The van der Waals surface area contributed by atoms with Gasteiger partial charge in [-0.25, -0.2) is 0 Å². The number of unbranched alkanes of at least 4 members (excludes halogenated alkanes) is 27. The molecular weight excluding hydrogens is 540 g/mol. The van der Waals surface area contributed by atoms with Gasteiger partial charge in [0.2, 0.25) is 0 Å². The molecule has 0 saturated heterocycles. The van der Waals surface area contributed by atoms with Gasteiger partial charge < -0.3 is 0 Å². The minimum Gasteiger partial charge on any atom is -0.126 e. The summed E-state index contributed by atoms with van der Waals surface area (Å²) in [5.74, 6) is 0. The van der Waals surface area contributed by atoms with E-state index in [1.54, 1.807) is 18.1 Å². The highest BCUT2D eigenvalue weighted by molar-refractivity contribution is 9.26. The van der Waals surface area contributed by atoms with Gasteiger partial charge in [0.05, 0.1) is 0 Å². The molecule has 0 N–H and O–H groups in total. The molecule has 0 aliphatic heterocycles. The molecule has 0 bridgehead atoms. The van der Waals surface area contributed by atoms with E-state index in [9.17, 15) is 0 Å². The summed E-state index contributed by atoms with van der Waals surface area (Å²) >= 11 is 4.48. The molecule has 0 amide bonds. The number of hydrogen-bond acceptors (Lipinski definition) is 0. The van der Waals surface area contributed by atoms with Gasteiger partial charge in [0, 0.05) is 0 Å². The minimum absolute atomic E-state index is 1.21. The summed E-state index contributed by atoms with van der Waals surface area (Å²) in [7, 11) is 0. The van der Waals surface area contributed by atoms with E-state index < -0.39 is 6.69 Å². The van der Waals surface area contributed by atoms with Crippen molar-refractivity contribution < 1.29 is 0 Å². The van der Waals surface area contributed by atoms with Crippen molar-refractivity contribution in [3.05, 3.63) is 0 Å². The van der Waals surface area contributed by atoms with E-state index in [-0.39, 0.29) is 0 Å². The molecule has 0 aliphatic carbocycles. The Bertz CT molecular complexity index is 364. The van der Waals surface area contributed by atoms with Crippen molar-refractivity contribution >= 4 is 22.0 Å². The number of hydrogen-bond donors (Lipinski definition) is 0. The molecule has 0 rings (SSSR count). The summed E-state index contributed by atoms with van der Waals surface area (Å²) in [6.45, 7) is 5.75. The molecule has 38 heavy (non-hydrogen) atoms. The van der Waals surface area contributed by atoms with Gasteiger partial charge in [-0.15, -0.1) is 15.3 Å².